The molecule has 4 rings (SSSR count). The maximum Gasteiger partial charge on any atom is 0.270 e. The van der Waals surface area contributed by atoms with Crippen molar-refractivity contribution in [3.63, 3.8) is 0 Å². The van der Waals surface area contributed by atoms with Gasteiger partial charge < -0.3 is 9.47 Å². The lowest BCUT2D eigenvalue weighted by molar-refractivity contribution is -0.113. The average Bonchev–Trinajstić information content (AvgIpc) is 3.08. The molecule has 0 radical (unpaired) electrons. The van der Waals surface area contributed by atoms with Crippen LogP contribution in [0.15, 0.2) is 64.0 Å². The highest BCUT2D eigenvalue weighted by atomic mass is 79.9. The molecule has 0 bridgehead atoms. The largest absolute Gasteiger partial charge is 0.493 e. The van der Waals surface area contributed by atoms with Crippen LogP contribution in [0, 0.1) is 19.7 Å². The Morgan fingerprint density at radius 1 is 1.09 bits per heavy atom. The summed E-state index contributed by atoms with van der Waals surface area (Å²) in [6.45, 7) is 4.29. The van der Waals surface area contributed by atoms with Crippen molar-refractivity contribution in [2.45, 2.75) is 20.5 Å². The number of hydrogen-bond donors (Lipinski definition) is 0. The Kier molecular flexibility index (Phi) is 7.40. The van der Waals surface area contributed by atoms with Crippen molar-refractivity contribution in [2.24, 2.45) is 0 Å². The number of thioether (sulfide) groups is 1. The number of carbonyl (C=O) groups is 1. The summed E-state index contributed by atoms with van der Waals surface area (Å²) in [5, 5.41) is 0. The predicted molar refractivity (Wildman–Crippen MR) is 143 cm³/mol. The summed E-state index contributed by atoms with van der Waals surface area (Å²) in [5.41, 5.74) is 4.61. The molecule has 0 atom stereocenters. The number of ether oxygens (including phenoxy) is 2. The van der Waals surface area contributed by atoms with Gasteiger partial charge in [-0.2, -0.15) is 0 Å². The van der Waals surface area contributed by atoms with E-state index in [9.17, 15) is 9.18 Å². The molecule has 8 heteroatoms. The third-order valence-electron chi connectivity index (χ3n) is 5.39. The van der Waals surface area contributed by atoms with E-state index in [1.165, 1.54) is 23.9 Å². The standard InChI is InChI=1S/C26H21BrFNO3S2/c1-15-4-9-20(10-16(15)2)29-25(30)23(34-26(29)33)13-18-11-21(27)24(22(12-18)31-3)32-14-17-5-7-19(28)8-6-17/h4-13H,14H2,1-3H3/b23-13+. The summed E-state index contributed by atoms with van der Waals surface area (Å²) < 4.78 is 25.8. The number of nitrogens with zero attached hydrogens (tertiary/aromatic N) is 1. The van der Waals surface area contributed by atoms with Gasteiger partial charge in [0.2, 0.25) is 0 Å². The molecule has 0 N–H and O–H groups in total. The van der Waals surface area contributed by atoms with Crippen LogP contribution in [0.3, 0.4) is 0 Å². The molecular formula is C26H21BrFNO3S2. The van der Waals surface area contributed by atoms with E-state index in [-0.39, 0.29) is 18.3 Å². The van der Waals surface area contributed by atoms with Crippen molar-refractivity contribution in [1.82, 2.24) is 0 Å². The molecule has 0 aliphatic carbocycles. The molecule has 1 saturated heterocycles. The van der Waals surface area contributed by atoms with Gasteiger partial charge in [0.15, 0.2) is 15.8 Å². The SMILES string of the molecule is COc1cc(/C=C2/SC(=S)N(c3ccc(C)c(C)c3)C2=O)cc(Br)c1OCc1ccc(F)cc1. The molecule has 34 heavy (non-hydrogen) atoms. The fraction of sp³-hybridized carbons (Fsp3) is 0.154. The second kappa shape index (κ2) is 10.3. The molecule has 3 aromatic carbocycles. The molecule has 3 aromatic rings. The molecule has 174 valence electrons. The zero-order valence-electron chi connectivity index (χ0n) is 18.7. The molecule has 0 aromatic heterocycles. The lowest BCUT2D eigenvalue weighted by Gasteiger charge is -2.16. The highest BCUT2D eigenvalue weighted by Crippen LogP contribution is 2.40. The van der Waals surface area contributed by atoms with E-state index in [4.69, 9.17) is 21.7 Å². The molecule has 4 nitrogen and oxygen atoms in total. The summed E-state index contributed by atoms with van der Waals surface area (Å²) in [4.78, 5) is 15.2. The number of benzene rings is 3. The van der Waals surface area contributed by atoms with E-state index in [2.05, 4.69) is 15.9 Å². The van der Waals surface area contributed by atoms with E-state index in [0.29, 0.717) is 25.2 Å². The zero-order chi connectivity index (χ0) is 24.4. The minimum Gasteiger partial charge on any atom is -0.493 e. The molecule has 1 fully saturated rings. The van der Waals surface area contributed by atoms with Crippen LogP contribution in [0.25, 0.3) is 6.08 Å². The number of anilines is 1. The third-order valence-corrected chi connectivity index (χ3v) is 7.28. The van der Waals surface area contributed by atoms with Gasteiger partial charge >= 0.3 is 0 Å². The lowest BCUT2D eigenvalue weighted by Crippen LogP contribution is -2.27. The minimum atomic E-state index is -0.296. The zero-order valence-corrected chi connectivity index (χ0v) is 21.9. The average molecular weight is 558 g/mol. The topological polar surface area (TPSA) is 38.8 Å². The van der Waals surface area contributed by atoms with Crippen molar-refractivity contribution in [1.29, 1.82) is 0 Å². The van der Waals surface area contributed by atoms with E-state index in [1.807, 2.05) is 38.1 Å². The Bertz CT molecular complexity index is 1310. The first-order chi connectivity index (χ1) is 16.3. The van der Waals surface area contributed by atoms with Crippen LogP contribution in [-0.2, 0) is 11.4 Å². The van der Waals surface area contributed by atoms with E-state index < -0.39 is 0 Å². The highest BCUT2D eigenvalue weighted by molar-refractivity contribution is 9.10. The Morgan fingerprint density at radius 3 is 2.50 bits per heavy atom. The highest BCUT2D eigenvalue weighted by Gasteiger charge is 2.33. The monoisotopic (exact) mass is 557 g/mol. The Hall–Kier alpha value is -2.68. The number of thiocarbonyl (C=S) groups is 1. The van der Waals surface area contributed by atoms with E-state index in [1.54, 1.807) is 36.3 Å². The maximum atomic E-state index is 13.2. The fourth-order valence-corrected chi connectivity index (χ4v) is 5.28. The second-order valence-electron chi connectivity index (χ2n) is 7.73. The van der Waals surface area contributed by atoms with Crippen LogP contribution in [0.5, 0.6) is 11.5 Å². The molecule has 1 aliphatic heterocycles. The summed E-state index contributed by atoms with van der Waals surface area (Å²) in [5.74, 6) is 0.568. The predicted octanol–water partition coefficient (Wildman–Crippen LogP) is 7.20. The van der Waals surface area contributed by atoms with Gasteiger partial charge in [0.05, 0.1) is 22.2 Å². The second-order valence-corrected chi connectivity index (χ2v) is 10.3. The number of aryl methyl sites for hydroxylation is 2. The van der Waals surface area contributed by atoms with Gasteiger partial charge in [-0.3, -0.25) is 9.69 Å². The first-order valence-corrected chi connectivity index (χ1v) is 12.4. The first-order valence-electron chi connectivity index (χ1n) is 10.4. The van der Waals surface area contributed by atoms with Crippen molar-refractivity contribution >= 4 is 61.9 Å². The number of methoxy groups -OCH3 is 1. The van der Waals surface area contributed by atoms with Crippen molar-refractivity contribution in [2.75, 3.05) is 12.0 Å². The van der Waals surface area contributed by atoms with Crippen LogP contribution in [0.1, 0.15) is 22.3 Å². The van der Waals surface area contributed by atoms with Gasteiger partial charge in [0.1, 0.15) is 12.4 Å². The lowest BCUT2D eigenvalue weighted by atomic mass is 10.1. The van der Waals surface area contributed by atoms with Gasteiger partial charge in [-0.1, -0.05) is 42.2 Å². The van der Waals surface area contributed by atoms with Crippen LogP contribution in [-0.4, -0.2) is 17.3 Å². The summed E-state index contributed by atoms with van der Waals surface area (Å²) in [6.07, 6.45) is 1.79. The Labute approximate surface area is 215 Å². The van der Waals surface area contributed by atoms with Crippen LogP contribution >= 0.6 is 39.9 Å². The summed E-state index contributed by atoms with van der Waals surface area (Å²) >= 11 is 10.3. The first kappa shape index (κ1) is 24.4. The van der Waals surface area contributed by atoms with Crippen molar-refractivity contribution in [3.8, 4) is 11.5 Å². The van der Waals surface area contributed by atoms with Crippen molar-refractivity contribution in [3.05, 3.63) is 92.0 Å². The molecule has 0 saturated carbocycles. The Morgan fingerprint density at radius 2 is 1.82 bits per heavy atom. The maximum absolute atomic E-state index is 13.2. The van der Waals surface area contributed by atoms with Crippen LogP contribution in [0.2, 0.25) is 0 Å². The van der Waals surface area contributed by atoms with Crippen LogP contribution in [0.4, 0.5) is 10.1 Å². The molecule has 0 spiro atoms. The molecule has 1 aliphatic rings. The van der Waals surface area contributed by atoms with Gasteiger partial charge in [0, 0.05) is 0 Å². The van der Waals surface area contributed by atoms with E-state index >= 15 is 0 Å². The van der Waals surface area contributed by atoms with E-state index in [0.717, 1.165) is 27.9 Å². The quantitative estimate of drug-likeness (QED) is 0.236. The number of rotatable bonds is 6. The van der Waals surface area contributed by atoms with Crippen molar-refractivity contribution < 1.29 is 18.7 Å². The van der Waals surface area contributed by atoms with Crippen LogP contribution < -0.4 is 14.4 Å². The fourth-order valence-electron chi connectivity index (χ4n) is 3.41. The van der Waals surface area contributed by atoms with Gasteiger partial charge in [-0.15, -0.1) is 0 Å². The molecule has 1 heterocycles. The smallest absolute Gasteiger partial charge is 0.270 e. The van der Waals surface area contributed by atoms with Gasteiger partial charge in [0.25, 0.3) is 5.91 Å². The minimum absolute atomic E-state index is 0.162. The third kappa shape index (κ3) is 5.19. The number of carbonyl (C=O) groups excluding carboxylic acids is 1. The molecular weight excluding hydrogens is 537 g/mol. The normalized spacial score (nSPS) is 14.7. The number of hydrogen-bond acceptors (Lipinski definition) is 5. The number of amides is 1. The van der Waals surface area contributed by atoms with Gasteiger partial charge in [-0.05, 0) is 94.5 Å². The molecule has 0 unspecified atom stereocenters. The molecule has 1 amide bonds. The summed E-state index contributed by atoms with van der Waals surface area (Å²) in [6, 6.07) is 15.6. The number of halogens is 2. The Balaban J connectivity index is 1.58. The van der Waals surface area contributed by atoms with Gasteiger partial charge in [-0.25, -0.2) is 4.39 Å². The summed E-state index contributed by atoms with van der Waals surface area (Å²) in [7, 11) is 1.55.